The van der Waals surface area contributed by atoms with Crippen LogP contribution < -0.4 is 0 Å². The Hall–Kier alpha value is -3.05. The molecular weight excluding hydrogens is 443 g/mol. The normalized spacial score (nSPS) is 14.1. The molecule has 0 atom stereocenters. The third-order valence-electron chi connectivity index (χ3n) is 5.14. The Morgan fingerprint density at radius 2 is 1.78 bits per heavy atom. The lowest BCUT2D eigenvalue weighted by molar-refractivity contribution is -0.385. The van der Waals surface area contributed by atoms with Crippen molar-refractivity contribution in [2.45, 2.75) is 38.1 Å². The second kappa shape index (κ2) is 8.83. The molecule has 1 heterocycles. The lowest BCUT2D eigenvalue weighted by Crippen LogP contribution is -2.35. The average molecular weight is 463 g/mol. The van der Waals surface area contributed by atoms with Gasteiger partial charge in [0.25, 0.3) is 5.69 Å². The van der Waals surface area contributed by atoms with Crippen molar-refractivity contribution in [3.8, 4) is 5.69 Å². The van der Waals surface area contributed by atoms with Crippen molar-refractivity contribution in [2.75, 3.05) is 6.54 Å². The van der Waals surface area contributed by atoms with Gasteiger partial charge in [0.2, 0.25) is 4.77 Å². The van der Waals surface area contributed by atoms with Crippen LogP contribution in [-0.2, 0) is 13.2 Å². The number of aromatic nitrogens is 3. The molecule has 0 saturated heterocycles. The minimum Gasteiger partial charge on any atom is -0.272 e. The molecule has 1 saturated carbocycles. The van der Waals surface area contributed by atoms with E-state index < -0.39 is 17.6 Å². The number of para-hydroxylation sites is 2. The van der Waals surface area contributed by atoms with Gasteiger partial charge in [-0.05, 0) is 37.2 Å². The largest absolute Gasteiger partial charge is 0.401 e. The monoisotopic (exact) mass is 463 g/mol. The molecule has 3 aromatic rings. The number of nitro groups is 1. The second-order valence-corrected chi connectivity index (χ2v) is 8.08. The van der Waals surface area contributed by atoms with E-state index in [1.807, 2.05) is 30.3 Å². The first-order chi connectivity index (χ1) is 15.2. The Kier molecular flexibility index (Phi) is 6.11. The SMILES string of the molecule is O=[N+]([O-])c1ccccc1CN(Cn1nc(C2CC2)n(-c2ccccc2)c1=S)CC(F)(F)F. The van der Waals surface area contributed by atoms with Crippen LogP contribution in [0.2, 0.25) is 0 Å². The molecule has 0 amide bonds. The average Bonchev–Trinajstić information content (AvgIpc) is 3.53. The van der Waals surface area contributed by atoms with E-state index in [2.05, 4.69) is 5.10 Å². The number of nitrogens with zero attached hydrogens (tertiary/aromatic N) is 5. The summed E-state index contributed by atoms with van der Waals surface area (Å²) < 4.78 is 43.4. The van der Waals surface area contributed by atoms with Crippen LogP contribution in [0.5, 0.6) is 0 Å². The maximum Gasteiger partial charge on any atom is 0.401 e. The molecule has 1 aromatic heterocycles. The van der Waals surface area contributed by atoms with Crippen LogP contribution in [0.15, 0.2) is 54.6 Å². The first-order valence-corrected chi connectivity index (χ1v) is 10.4. The number of alkyl halides is 3. The summed E-state index contributed by atoms with van der Waals surface area (Å²) in [5, 5.41) is 15.9. The lowest BCUT2D eigenvalue weighted by Gasteiger charge is -2.23. The highest BCUT2D eigenvalue weighted by Crippen LogP contribution is 2.40. The van der Waals surface area contributed by atoms with Gasteiger partial charge in [-0.2, -0.15) is 18.3 Å². The Morgan fingerprint density at radius 3 is 2.41 bits per heavy atom. The van der Waals surface area contributed by atoms with Gasteiger partial charge in [-0.3, -0.25) is 19.6 Å². The zero-order valence-corrected chi connectivity index (χ0v) is 17.7. The zero-order chi connectivity index (χ0) is 22.9. The number of hydrogen-bond acceptors (Lipinski definition) is 5. The van der Waals surface area contributed by atoms with Crippen molar-refractivity contribution >= 4 is 17.9 Å². The van der Waals surface area contributed by atoms with Gasteiger partial charge >= 0.3 is 6.18 Å². The van der Waals surface area contributed by atoms with E-state index in [-0.39, 0.29) is 35.2 Å². The van der Waals surface area contributed by atoms with Gasteiger partial charge in [-0.1, -0.05) is 36.4 Å². The second-order valence-electron chi connectivity index (χ2n) is 7.72. The number of nitro benzene ring substituents is 1. The molecular formula is C21H20F3N5O2S. The maximum absolute atomic E-state index is 13.3. The van der Waals surface area contributed by atoms with E-state index in [1.54, 1.807) is 10.6 Å². The minimum atomic E-state index is -4.49. The molecule has 1 aliphatic rings. The molecule has 32 heavy (non-hydrogen) atoms. The van der Waals surface area contributed by atoms with Crippen LogP contribution in [0, 0.1) is 14.9 Å². The van der Waals surface area contributed by atoms with Gasteiger partial charge in [0.15, 0.2) is 0 Å². The van der Waals surface area contributed by atoms with Crippen molar-refractivity contribution < 1.29 is 18.1 Å². The molecule has 7 nitrogen and oxygen atoms in total. The summed E-state index contributed by atoms with van der Waals surface area (Å²) in [6, 6.07) is 15.1. The fourth-order valence-corrected chi connectivity index (χ4v) is 3.90. The van der Waals surface area contributed by atoms with E-state index in [4.69, 9.17) is 12.2 Å². The third-order valence-corrected chi connectivity index (χ3v) is 5.53. The van der Waals surface area contributed by atoms with Gasteiger partial charge in [0.05, 0.1) is 18.1 Å². The maximum atomic E-state index is 13.3. The van der Waals surface area contributed by atoms with Gasteiger partial charge < -0.3 is 0 Å². The fraction of sp³-hybridized carbons (Fsp3) is 0.333. The molecule has 4 rings (SSSR count). The summed E-state index contributed by atoms with van der Waals surface area (Å²) in [7, 11) is 0. The van der Waals surface area contributed by atoms with E-state index in [0.29, 0.717) is 0 Å². The highest BCUT2D eigenvalue weighted by molar-refractivity contribution is 7.71. The smallest absolute Gasteiger partial charge is 0.272 e. The third kappa shape index (κ3) is 5.05. The quantitative estimate of drug-likeness (QED) is 0.261. The molecule has 11 heteroatoms. The highest BCUT2D eigenvalue weighted by Gasteiger charge is 2.34. The summed E-state index contributed by atoms with van der Waals surface area (Å²) in [5.41, 5.74) is 0.765. The summed E-state index contributed by atoms with van der Waals surface area (Å²) in [6.45, 7) is -1.77. The first-order valence-electron chi connectivity index (χ1n) is 9.99. The molecule has 1 fully saturated rings. The van der Waals surface area contributed by atoms with Crippen LogP contribution in [0.3, 0.4) is 0 Å². The molecule has 1 aliphatic carbocycles. The Labute approximate surface area is 186 Å². The van der Waals surface area contributed by atoms with Gasteiger partial charge in [0.1, 0.15) is 5.82 Å². The van der Waals surface area contributed by atoms with Crippen LogP contribution in [-0.4, -0.2) is 36.9 Å². The van der Waals surface area contributed by atoms with Gasteiger partial charge in [0, 0.05) is 29.8 Å². The Balaban J connectivity index is 1.69. The zero-order valence-electron chi connectivity index (χ0n) is 16.9. The summed E-state index contributed by atoms with van der Waals surface area (Å²) in [6.07, 6.45) is -2.60. The number of hydrogen-bond donors (Lipinski definition) is 0. The molecule has 168 valence electrons. The standard InChI is InChI=1S/C21H20F3N5O2S/c22-21(23,24)13-26(12-16-6-4-5-9-18(16)29(30)31)14-27-20(32)28(17-7-2-1-3-8-17)19(25-27)15-10-11-15/h1-9,15H,10-14H2. The van der Waals surface area contributed by atoms with E-state index >= 15 is 0 Å². The fourth-order valence-electron chi connectivity index (χ4n) is 3.60. The lowest BCUT2D eigenvalue weighted by atomic mass is 10.1. The van der Waals surface area contributed by atoms with Crippen LogP contribution in [0.4, 0.5) is 18.9 Å². The molecule has 0 spiro atoms. The minimum absolute atomic E-state index is 0.193. The molecule has 0 N–H and O–H groups in total. The topological polar surface area (TPSA) is 69.1 Å². The number of benzene rings is 2. The molecule has 0 unspecified atom stereocenters. The molecule has 0 bridgehead atoms. The first kappa shape index (κ1) is 22.2. The summed E-state index contributed by atoms with van der Waals surface area (Å²) in [4.78, 5) is 11.8. The van der Waals surface area contributed by atoms with E-state index in [1.165, 1.54) is 22.9 Å². The van der Waals surface area contributed by atoms with Crippen molar-refractivity contribution in [3.05, 3.63) is 80.9 Å². The predicted octanol–water partition coefficient (Wildman–Crippen LogP) is 5.21. The van der Waals surface area contributed by atoms with Crippen molar-refractivity contribution in [1.82, 2.24) is 19.2 Å². The molecule has 2 aromatic carbocycles. The summed E-state index contributed by atoms with van der Waals surface area (Å²) in [5.74, 6) is 0.934. The van der Waals surface area contributed by atoms with E-state index in [0.717, 1.165) is 29.3 Å². The number of halogens is 3. The van der Waals surface area contributed by atoms with E-state index in [9.17, 15) is 23.3 Å². The molecule has 0 aliphatic heterocycles. The van der Waals surface area contributed by atoms with Crippen molar-refractivity contribution in [3.63, 3.8) is 0 Å². The van der Waals surface area contributed by atoms with Crippen LogP contribution in [0.1, 0.15) is 30.1 Å². The molecule has 0 radical (unpaired) electrons. The Bertz CT molecular complexity index is 1170. The van der Waals surface area contributed by atoms with Gasteiger partial charge in [-0.15, -0.1) is 0 Å². The Morgan fingerprint density at radius 1 is 1.12 bits per heavy atom. The summed E-state index contributed by atoms with van der Waals surface area (Å²) >= 11 is 5.58. The predicted molar refractivity (Wildman–Crippen MR) is 114 cm³/mol. The highest BCUT2D eigenvalue weighted by atomic mass is 32.1. The van der Waals surface area contributed by atoms with Crippen LogP contribution >= 0.6 is 12.2 Å². The van der Waals surface area contributed by atoms with Crippen LogP contribution in [0.25, 0.3) is 5.69 Å². The number of rotatable bonds is 8. The van der Waals surface area contributed by atoms with Gasteiger partial charge in [-0.25, -0.2) is 4.68 Å². The van der Waals surface area contributed by atoms with Crippen molar-refractivity contribution in [1.29, 1.82) is 0 Å². The van der Waals surface area contributed by atoms with Crippen molar-refractivity contribution in [2.24, 2.45) is 0 Å².